The summed E-state index contributed by atoms with van der Waals surface area (Å²) >= 11 is 0. The quantitative estimate of drug-likeness (QED) is 0.839. The number of hydrogen-bond acceptors (Lipinski definition) is 2. The van der Waals surface area contributed by atoms with Gasteiger partial charge in [0.05, 0.1) is 0 Å². The van der Waals surface area contributed by atoms with Crippen molar-refractivity contribution in [2.24, 2.45) is 0 Å². The maximum Gasteiger partial charge on any atom is 0.0472 e. The first-order chi connectivity index (χ1) is 8.35. The van der Waals surface area contributed by atoms with Crippen LogP contribution in [0.25, 0.3) is 0 Å². The van der Waals surface area contributed by atoms with E-state index in [9.17, 15) is 0 Å². The Hall–Kier alpha value is -0.860. The highest BCUT2D eigenvalue weighted by Gasteiger charge is 2.22. The molecule has 0 spiro atoms. The molecule has 1 N–H and O–H groups in total. The van der Waals surface area contributed by atoms with E-state index >= 15 is 0 Å². The van der Waals surface area contributed by atoms with Gasteiger partial charge in [-0.25, -0.2) is 0 Å². The average molecular weight is 232 g/mol. The Morgan fingerprint density at radius 1 is 1.18 bits per heavy atom. The van der Waals surface area contributed by atoms with Gasteiger partial charge in [-0.2, -0.15) is 0 Å². The molecular formula is C15H24N2. The molecule has 1 aromatic carbocycles. The molecule has 0 radical (unpaired) electrons. The Labute approximate surface area is 105 Å². The Kier molecular flexibility index (Phi) is 4.57. The summed E-state index contributed by atoms with van der Waals surface area (Å²) in [6.45, 7) is 5.76. The van der Waals surface area contributed by atoms with E-state index in [1.54, 1.807) is 0 Å². The van der Waals surface area contributed by atoms with Crippen LogP contribution in [0.1, 0.15) is 36.9 Å². The first kappa shape index (κ1) is 12.6. The van der Waals surface area contributed by atoms with Gasteiger partial charge < -0.3 is 5.32 Å². The van der Waals surface area contributed by atoms with E-state index in [0.29, 0.717) is 6.04 Å². The number of hydrogen-bond donors (Lipinski definition) is 1. The second-order valence-corrected chi connectivity index (χ2v) is 4.91. The SMILES string of the molecule is CCc1ccc(C(CNC)N2CCCC2)cc1. The Morgan fingerprint density at radius 2 is 1.82 bits per heavy atom. The van der Waals surface area contributed by atoms with E-state index in [-0.39, 0.29) is 0 Å². The average Bonchev–Trinajstić information content (AvgIpc) is 2.90. The lowest BCUT2D eigenvalue weighted by Crippen LogP contribution is -2.32. The van der Waals surface area contributed by atoms with Crippen LogP contribution < -0.4 is 5.32 Å². The summed E-state index contributed by atoms with van der Waals surface area (Å²) in [7, 11) is 2.05. The van der Waals surface area contributed by atoms with Crippen molar-refractivity contribution in [3.8, 4) is 0 Å². The van der Waals surface area contributed by atoms with Crippen molar-refractivity contribution in [3.63, 3.8) is 0 Å². The third kappa shape index (κ3) is 3.08. The van der Waals surface area contributed by atoms with Crippen molar-refractivity contribution in [1.82, 2.24) is 10.2 Å². The molecule has 94 valence electrons. The topological polar surface area (TPSA) is 15.3 Å². The molecular weight excluding hydrogens is 208 g/mol. The van der Waals surface area contributed by atoms with Crippen LogP contribution in [-0.4, -0.2) is 31.6 Å². The number of benzene rings is 1. The second-order valence-electron chi connectivity index (χ2n) is 4.91. The minimum absolute atomic E-state index is 0.549. The Balaban J connectivity index is 2.12. The standard InChI is InChI=1S/C15H24N2/c1-3-13-6-8-14(9-7-13)15(12-16-2)17-10-4-5-11-17/h6-9,15-16H,3-5,10-12H2,1-2H3. The fourth-order valence-corrected chi connectivity index (χ4v) is 2.68. The van der Waals surface area contributed by atoms with E-state index in [2.05, 4.69) is 41.4 Å². The predicted octanol–water partition coefficient (Wildman–Crippen LogP) is 2.61. The number of rotatable bonds is 5. The van der Waals surface area contributed by atoms with Crippen molar-refractivity contribution < 1.29 is 0 Å². The largest absolute Gasteiger partial charge is 0.318 e. The van der Waals surface area contributed by atoms with E-state index in [0.717, 1.165) is 13.0 Å². The number of aryl methyl sites for hydroxylation is 1. The number of nitrogens with one attached hydrogen (secondary N) is 1. The molecule has 1 saturated heterocycles. The van der Waals surface area contributed by atoms with E-state index in [1.165, 1.54) is 37.1 Å². The molecule has 0 saturated carbocycles. The summed E-state index contributed by atoms with van der Waals surface area (Å²) in [6.07, 6.45) is 3.83. The second kappa shape index (κ2) is 6.18. The van der Waals surface area contributed by atoms with Gasteiger partial charge in [-0.05, 0) is 50.5 Å². The summed E-state index contributed by atoms with van der Waals surface area (Å²) in [5.74, 6) is 0. The maximum absolute atomic E-state index is 3.33. The van der Waals surface area contributed by atoms with Gasteiger partial charge in [0.1, 0.15) is 0 Å². The molecule has 0 aromatic heterocycles. The lowest BCUT2D eigenvalue weighted by molar-refractivity contribution is 0.242. The van der Waals surface area contributed by atoms with Gasteiger partial charge in [-0.1, -0.05) is 31.2 Å². The monoisotopic (exact) mass is 232 g/mol. The van der Waals surface area contributed by atoms with Crippen LogP contribution in [0, 0.1) is 0 Å². The summed E-state index contributed by atoms with van der Waals surface area (Å²) in [5.41, 5.74) is 2.89. The Morgan fingerprint density at radius 3 is 2.35 bits per heavy atom. The Bertz CT molecular complexity index is 325. The molecule has 1 unspecified atom stereocenters. The minimum atomic E-state index is 0.549. The molecule has 2 heteroatoms. The highest BCUT2D eigenvalue weighted by molar-refractivity contribution is 5.25. The summed E-state index contributed by atoms with van der Waals surface area (Å²) < 4.78 is 0. The van der Waals surface area contributed by atoms with Crippen LogP contribution in [0.4, 0.5) is 0 Å². The zero-order valence-corrected chi connectivity index (χ0v) is 11.1. The molecule has 17 heavy (non-hydrogen) atoms. The first-order valence-corrected chi connectivity index (χ1v) is 6.82. The fraction of sp³-hybridized carbons (Fsp3) is 0.600. The van der Waals surface area contributed by atoms with Crippen LogP contribution >= 0.6 is 0 Å². The normalized spacial score (nSPS) is 18.5. The zero-order valence-electron chi connectivity index (χ0n) is 11.1. The molecule has 1 atom stereocenters. The van der Waals surface area contributed by atoms with Crippen LogP contribution in [-0.2, 0) is 6.42 Å². The summed E-state index contributed by atoms with van der Waals surface area (Å²) in [4.78, 5) is 2.61. The molecule has 0 amide bonds. The molecule has 2 rings (SSSR count). The molecule has 1 heterocycles. The fourth-order valence-electron chi connectivity index (χ4n) is 2.68. The van der Waals surface area contributed by atoms with Crippen molar-refractivity contribution in [2.45, 2.75) is 32.2 Å². The van der Waals surface area contributed by atoms with Gasteiger partial charge in [0.2, 0.25) is 0 Å². The maximum atomic E-state index is 3.33. The van der Waals surface area contributed by atoms with Crippen molar-refractivity contribution in [2.75, 3.05) is 26.7 Å². The lowest BCUT2D eigenvalue weighted by atomic mass is 10.0. The molecule has 0 aliphatic carbocycles. The highest BCUT2D eigenvalue weighted by atomic mass is 15.2. The predicted molar refractivity (Wildman–Crippen MR) is 73.3 cm³/mol. The minimum Gasteiger partial charge on any atom is -0.318 e. The van der Waals surface area contributed by atoms with E-state index in [1.807, 2.05) is 7.05 Å². The van der Waals surface area contributed by atoms with E-state index < -0.39 is 0 Å². The summed E-state index contributed by atoms with van der Waals surface area (Å²) in [5, 5.41) is 3.33. The van der Waals surface area contributed by atoms with Gasteiger partial charge in [0.25, 0.3) is 0 Å². The van der Waals surface area contributed by atoms with Crippen molar-refractivity contribution in [3.05, 3.63) is 35.4 Å². The molecule has 1 fully saturated rings. The molecule has 1 aliphatic rings. The van der Waals surface area contributed by atoms with Crippen LogP contribution in [0.15, 0.2) is 24.3 Å². The molecule has 1 aromatic rings. The number of likely N-dealkylation sites (N-methyl/N-ethyl adjacent to an activating group) is 1. The summed E-state index contributed by atoms with van der Waals surface area (Å²) in [6, 6.07) is 9.70. The van der Waals surface area contributed by atoms with Gasteiger partial charge in [-0.3, -0.25) is 4.90 Å². The first-order valence-electron chi connectivity index (χ1n) is 6.82. The lowest BCUT2D eigenvalue weighted by Gasteiger charge is -2.28. The van der Waals surface area contributed by atoms with E-state index in [4.69, 9.17) is 0 Å². The molecule has 2 nitrogen and oxygen atoms in total. The smallest absolute Gasteiger partial charge is 0.0472 e. The van der Waals surface area contributed by atoms with Crippen LogP contribution in [0.3, 0.4) is 0 Å². The van der Waals surface area contributed by atoms with Crippen LogP contribution in [0.5, 0.6) is 0 Å². The van der Waals surface area contributed by atoms with Gasteiger partial charge >= 0.3 is 0 Å². The third-order valence-electron chi connectivity index (χ3n) is 3.75. The number of likely N-dealkylation sites (tertiary alicyclic amines) is 1. The highest BCUT2D eigenvalue weighted by Crippen LogP contribution is 2.24. The zero-order chi connectivity index (χ0) is 12.1. The molecule has 1 aliphatic heterocycles. The van der Waals surface area contributed by atoms with Gasteiger partial charge in [-0.15, -0.1) is 0 Å². The van der Waals surface area contributed by atoms with Gasteiger partial charge in [0.15, 0.2) is 0 Å². The van der Waals surface area contributed by atoms with Crippen molar-refractivity contribution >= 4 is 0 Å². The van der Waals surface area contributed by atoms with Gasteiger partial charge in [0, 0.05) is 12.6 Å². The van der Waals surface area contributed by atoms with Crippen LogP contribution in [0.2, 0.25) is 0 Å². The van der Waals surface area contributed by atoms with Crippen molar-refractivity contribution in [1.29, 1.82) is 0 Å². The third-order valence-corrected chi connectivity index (χ3v) is 3.75. The molecule has 0 bridgehead atoms. The number of nitrogens with zero attached hydrogens (tertiary/aromatic N) is 1.